The molecule has 0 radical (unpaired) electrons. The number of carbonyl (C=O) groups is 2. The Kier molecular flexibility index (Phi) is 10.8. The lowest BCUT2D eigenvalue weighted by Crippen LogP contribution is -2.32. The maximum absolute atomic E-state index is 10.1. The zero-order valence-electron chi connectivity index (χ0n) is 10.1. The number of nitrogens with one attached hydrogen (secondary N) is 3. The van der Waals surface area contributed by atoms with Crippen LogP contribution in [0, 0.1) is 0 Å². The van der Waals surface area contributed by atoms with Crippen molar-refractivity contribution in [2.24, 2.45) is 11.5 Å². The molecular formula is C10H23N5O2. The van der Waals surface area contributed by atoms with Gasteiger partial charge in [-0.25, -0.2) is 0 Å². The van der Waals surface area contributed by atoms with Crippen molar-refractivity contribution in [3.05, 3.63) is 0 Å². The second kappa shape index (κ2) is 11.5. The van der Waals surface area contributed by atoms with Gasteiger partial charge >= 0.3 is 0 Å². The summed E-state index contributed by atoms with van der Waals surface area (Å²) in [7, 11) is 0. The molecule has 1 saturated heterocycles. The molecule has 0 unspecified atom stereocenters. The predicted octanol–water partition coefficient (Wildman–Crippen LogP) is -2.49. The fraction of sp³-hybridized carbons (Fsp3) is 0.800. The van der Waals surface area contributed by atoms with Crippen LogP contribution < -0.4 is 27.4 Å². The van der Waals surface area contributed by atoms with Gasteiger partial charge in [-0.3, -0.25) is 14.9 Å². The Morgan fingerprint density at radius 2 is 1.29 bits per heavy atom. The Balaban J connectivity index is 0.000000318. The molecule has 17 heavy (non-hydrogen) atoms. The summed E-state index contributed by atoms with van der Waals surface area (Å²) in [4.78, 5) is 20.2. The van der Waals surface area contributed by atoms with Gasteiger partial charge in [-0.1, -0.05) is 0 Å². The molecule has 0 bridgehead atoms. The summed E-state index contributed by atoms with van der Waals surface area (Å²) in [5.74, 6) is -0.296. The smallest absolute Gasteiger partial charge is 0.227 e. The molecule has 7 heteroatoms. The molecule has 1 fully saturated rings. The Bertz CT molecular complexity index is 201. The maximum Gasteiger partial charge on any atom is 0.227 e. The Morgan fingerprint density at radius 1 is 0.882 bits per heavy atom. The molecule has 0 aromatic carbocycles. The number of amides is 2. The summed E-state index contributed by atoms with van der Waals surface area (Å²) in [5, 5.41) is 8.47. The minimum Gasteiger partial charge on any atom is -0.329 e. The van der Waals surface area contributed by atoms with E-state index in [0.29, 0.717) is 25.9 Å². The maximum atomic E-state index is 10.1. The van der Waals surface area contributed by atoms with Gasteiger partial charge in [0.05, 0.1) is 0 Å². The number of carbonyl (C=O) groups excluding carboxylic acids is 2. The third-order valence-corrected chi connectivity index (χ3v) is 1.98. The lowest BCUT2D eigenvalue weighted by Gasteiger charge is -2.03. The molecule has 1 aliphatic rings. The molecule has 100 valence electrons. The highest BCUT2D eigenvalue weighted by atomic mass is 16.2. The number of imide groups is 1. The summed E-state index contributed by atoms with van der Waals surface area (Å²) >= 11 is 0. The van der Waals surface area contributed by atoms with Crippen LogP contribution in [0.4, 0.5) is 0 Å². The molecule has 7 N–H and O–H groups in total. The third-order valence-electron chi connectivity index (χ3n) is 1.98. The average molecular weight is 245 g/mol. The fourth-order valence-electron chi connectivity index (χ4n) is 1.14. The molecular weight excluding hydrogens is 222 g/mol. The van der Waals surface area contributed by atoms with Gasteiger partial charge in [0, 0.05) is 52.1 Å². The highest BCUT2D eigenvalue weighted by Gasteiger charge is 2.15. The number of hydrogen-bond acceptors (Lipinski definition) is 6. The first-order valence-corrected chi connectivity index (χ1v) is 5.85. The molecule has 1 heterocycles. The molecule has 0 aromatic heterocycles. The van der Waals surface area contributed by atoms with Gasteiger partial charge in [0.2, 0.25) is 11.8 Å². The van der Waals surface area contributed by atoms with Gasteiger partial charge in [0.25, 0.3) is 0 Å². The highest BCUT2D eigenvalue weighted by Crippen LogP contribution is 1.95. The lowest BCUT2D eigenvalue weighted by molar-refractivity contribution is -0.124. The monoisotopic (exact) mass is 245 g/mol. The van der Waals surface area contributed by atoms with Gasteiger partial charge in [-0.2, -0.15) is 0 Å². The van der Waals surface area contributed by atoms with E-state index in [1.54, 1.807) is 0 Å². The topological polar surface area (TPSA) is 122 Å². The van der Waals surface area contributed by atoms with E-state index in [2.05, 4.69) is 16.0 Å². The minimum absolute atomic E-state index is 0.148. The van der Waals surface area contributed by atoms with Gasteiger partial charge in [-0.05, 0) is 0 Å². The molecule has 1 rings (SSSR count). The van der Waals surface area contributed by atoms with Crippen molar-refractivity contribution < 1.29 is 9.59 Å². The zero-order chi connectivity index (χ0) is 12.9. The lowest BCUT2D eigenvalue weighted by atomic mass is 10.4. The van der Waals surface area contributed by atoms with Crippen LogP contribution in [0.15, 0.2) is 0 Å². The van der Waals surface area contributed by atoms with Gasteiger partial charge in [0.15, 0.2) is 0 Å². The Morgan fingerprint density at radius 3 is 1.53 bits per heavy atom. The molecule has 0 aromatic rings. The molecule has 2 amide bonds. The van der Waals surface area contributed by atoms with Crippen molar-refractivity contribution >= 4 is 11.8 Å². The molecule has 0 spiro atoms. The standard InChI is InChI=1S/C6H18N4.C4H5NO2/c7-1-3-9-5-6-10-4-2-8;6-3-1-2-4(7)5-3/h9-10H,1-8H2;1-2H2,(H,5,6,7). The van der Waals surface area contributed by atoms with Crippen LogP contribution in [0.2, 0.25) is 0 Å². The molecule has 7 nitrogen and oxygen atoms in total. The van der Waals surface area contributed by atoms with E-state index in [0.717, 1.165) is 26.2 Å². The first kappa shape index (κ1) is 16.0. The predicted molar refractivity (Wildman–Crippen MR) is 66.2 cm³/mol. The fourth-order valence-corrected chi connectivity index (χ4v) is 1.14. The quantitative estimate of drug-likeness (QED) is 0.250. The largest absolute Gasteiger partial charge is 0.329 e. The third kappa shape index (κ3) is 11.2. The van der Waals surface area contributed by atoms with Crippen LogP contribution in [-0.2, 0) is 9.59 Å². The minimum atomic E-state index is -0.148. The highest BCUT2D eigenvalue weighted by molar-refractivity contribution is 6.01. The van der Waals surface area contributed by atoms with E-state index in [1.807, 2.05) is 0 Å². The van der Waals surface area contributed by atoms with Crippen molar-refractivity contribution in [3.8, 4) is 0 Å². The van der Waals surface area contributed by atoms with Crippen molar-refractivity contribution in [2.75, 3.05) is 39.3 Å². The molecule has 1 aliphatic heterocycles. The normalized spacial score (nSPS) is 14.2. The van der Waals surface area contributed by atoms with Crippen LogP contribution in [0.25, 0.3) is 0 Å². The van der Waals surface area contributed by atoms with Crippen molar-refractivity contribution in [2.45, 2.75) is 12.8 Å². The molecule has 0 saturated carbocycles. The molecule has 0 aliphatic carbocycles. The van der Waals surface area contributed by atoms with Gasteiger partial charge < -0.3 is 22.1 Å². The van der Waals surface area contributed by atoms with Crippen LogP contribution >= 0.6 is 0 Å². The zero-order valence-corrected chi connectivity index (χ0v) is 10.1. The van der Waals surface area contributed by atoms with E-state index in [1.165, 1.54) is 0 Å². The average Bonchev–Trinajstić information content (AvgIpc) is 2.68. The Labute approximate surface area is 102 Å². The Hall–Kier alpha value is -1.02. The van der Waals surface area contributed by atoms with E-state index in [4.69, 9.17) is 11.5 Å². The van der Waals surface area contributed by atoms with Crippen LogP contribution in [0.1, 0.15) is 12.8 Å². The van der Waals surface area contributed by atoms with Crippen LogP contribution in [0.5, 0.6) is 0 Å². The summed E-state index contributed by atoms with van der Waals surface area (Å²) in [6.45, 7) is 5.14. The van der Waals surface area contributed by atoms with E-state index in [-0.39, 0.29) is 11.8 Å². The number of rotatable bonds is 7. The first-order chi connectivity index (χ1) is 8.20. The van der Waals surface area contributed by atoms with Crippen LogP contribution in [-0.4, -0.2) is 51.1 Å². The van der Waals surface area contributed by atoms with E-state index < -0.39 is 0 Å². The summed E-state index contributed by atoms with van der Waals surface area (Å²) < 4.78 is 0. The number of hydrogen-bond donors (Lipinski definition) is 5. The molecule has 0 atom stereocenters. The van der Waals surface area contributed by atoms with Crippen molar-refractivity contribution in [1.82, 2.24) is 16.0 Å². The summed E-state index contributed by atoms with van der Waals surface area (Å²) in [5.41, 5.74) is 10.5. The van der Waals surface area contributed by atoms with Crippen molar-refractivity contribution in [1.29, 1.82) is 0 Å². The second-order valence-corrected chi connectivity index (χ2v) is 3.55. The first-order valence-electron chi connectivity index (χ1n) is 5.85. The van der Waals surface area contributed by atoms with Gasteiger partial charge in [-0.15, -0.1) is 0 Å². The second-order valence-electron chi connectivity index (χ2n) is 3.55. The van der Waals surface area contributed by atoms with Crippen molar-refractivity contribution in [3.63, 3.8) is 0 Å². The van der Waals surface area contributed by atoms with E-state index in [9.17, 15) is 9.59 Å². The summed E-state index contributed by atoms with van der Waals surface area (Å²) in [6, 6.07) is 0. The number of nitrogens with two attached hydrogens (primary N) is 2. The summed E-state index contributed by atoms with van der Waals surface area (Å²) in [6.07, 6.45) is 0.748. The van der Waals surface area contributed by atoms with Crippen LogP contribution in [0.3, 0.4) is 0 Å². The van der Waals surface area contributed by atoms with Gasteiger partial charge in [0.1, 0.15) is 0 Å². The van der Waals surface area contributed by atoms with E-state index >= 15 is 0 Å². The SMILES string of the molecule is NCCNCCNCCN.O=C1CCC(=O)N1.